The Labute approximate surface area is 159 Å². The Kier molecular flexibility index (Phi) is 5.74. The van der Waals surface area contributed by atoms with Crippen molar-refractivity contribution < 1.29 is 9.59 Å². The largest absolute Gasteiger partial charge is 0.348 e. The van der Waals surface area contributed by atoms with Crippen LogP contribution < -0.4 is 10.6 Å². The normalized spacial score (nSPS) is 15.9. The standard InChI is InChI=1S/C21H26N4O2/c1-4-19(26)22-12-15-8-10-16(11-9-15)21(27)23-18-7-5-6-17-13-25(14(2)3)24-20(17)18/h4,8-11,13-14,18H,1,5-7,12H2,2-3H3,(H,22,26)(H,23,27). The van der Waals surface area contributed by atoms with Gasteiger partial charge in [-0.2, -0.15) is 5.10 Å². The molecule has 1 heterocycles. The summed E-state index contributed by atoms with van der Waals surface area (Å²) in [5.41, 5.74) is 3.75. The second-order valence-electron chi connectivity index (χ2n) is 7.15. The molecule has 0 spiro atoms. The van der Waals surface area contributed by atoms with Crippen molar-refractivity contribution >= 4 is 11.8 Å². The van der Waals surface area contributed by atoms with E-state index in [0.29, 0.717) is 18.2 Å². The number of nitrogens with one attached hydrogen (secondary N) is 2. The molecular formula is C21H26N4O2. The average Bonchev–Trinajstić information content (AvgIpc) is 3.12. The Balaban J connectivity index is 1.66. The third-order valence-electron chi connectivity index (χ3n) is 4.81. The van der Waals surface area contributed by atoms with E-state index >= 15 is 0 Å². The van der Waals surface area contributed by atoms with E-state index in [1.54, 1.807) is 12.1 Å². The summed E-state index contributed by atoms with van der Waals surface area (Å²) >= 11 is 0. The summed E-state index contributed by atoms with van der Waals surface area (Å²) in [6.07, 6.45) is 6.30. The van der Waals surface area contributed by atoms with Crippen molar-refractivity contribution in [3.63, 3.8) is 0 Å². The molecule has 1 aromatic heterocycles. The number of fused-ring (bicyclic) bond motifs is 1. The monoisotopic (exact) mass is 366 g/mol. The van der Waals surface area contributed by atoms with Gasteiger partial charge in [-0.15, -0.1) is 0 Å². The van der Waals surface area contributed by atoms with Crippen molar-refractivity contribution in [3.8, 4) is 0 Å². The smallest absolute Gasteiger partial charge is 0.251 e. The lowest BCUT2D eigenvalue weighted by Gasteiger charge is -2.22. The van der Waals surface area contributed by atoms with Crippen LogP contribution in [0, 0.1) is 0 Å². The molecule has 0 aliphatic heterocycles. The Morgan fingerprint density at radius 1 is 1.33 bits per heavy atom. The lowest BCUT2D eigenvalue weighted by Crippen LogP contribution is -2.31. The highest BCUT2D eigenvalue weighted by atomic mass is 16.2. The van der Waals surface area contributed by atoms with Gasteiger partial charge in [-0.3, -0.25) is 14.3 Å². The molecule has 142 valence electrons. The lowest BCUT2D eigenvalue weighted by atomic mass is 9.93. The van der Waals surface area contributed by atoms with Gasteiger partial charge in [0.15, 0.2) is 0 Å². The molecule has 1 aliphatic carbocycles. The van der Waals surface area contributed by atoms with Crippen molar-refractivity contribution in [2.45, 2.75) is 51.7 Å². The van der Waals surface area contributed by atoms with Gasteiger partial charge in [0.1, 0.15) is 0 Å². The molecular weight excluding hydrogens is 340 g/mol. The van der Waals surface area contributed by atoms with E-state index < -0.39 is 0 Å². The zero-order valence-corrected chi connectivity index (χ0v) is 15.9. The maximum absolute atomic E-state index is 12.7. The topological polar surface area (TPSA) is 76.0 Å². The molecule has 2 N–H and O–H groups in total. The number of carbonyl (C=O) groups excluding carboxylic acids is 2. The third kappa shape index (κ3) is 4.45. The number of hydrogen-bond acceptors (Lipinski definition) is 3. The summed E-state index contributed by atoms with van der Waals surface area (Å²) < 4.78 is 1.97. The molecule has 6 heteroatoms. The summed E-state index contributed by atoms with van der Waals surface area (Å²) in [6.45, 7) is 8.03. The van der Waals surface area contributed by atoms with E-state index in [0.717, 1.165) is 30.5 Å². The zero-order chi connectivity index (χ0) is 19.4. The van der Waals surface area contributed by atoms with E-state index in [-0.39, 0.29) is 17.9 Å². The van der Waals surface area contributed by atoms with Gasteiger partial charge in [0.2, 0.25) is 5.91 Å². The van der Waals surface area contributed by atoms with E-state index in [1.165, 1.54) is 11.6 Å². The number of hydrogen-bond donors (Lipinski definition) is 2. The van der Waals surface area contributed by atoms with Crippen LogP contribution in [0.25, 0.3) is 0 Å². The molecule has 1 unspecified atom stereocenters. The number of rotatable bonds is 6. The quantitative estimate of drug-likeness (QED) is 0.772. The van der Waals surface area contributed by atoms with Crippen LogP contribution in [0.4, 0.5) is 0 Å². The molecule has 1 atom stereocenters. The summed E-state index contributed by atoms with van der Waals surface area (Å²) in [5, 5.41) is 10.5. The van der Waals surface area contributed by atoms with E-state index in [2.05, 4.69) is 37.3 Å². The number of nitrogens with zero attached hydrogens (tertiary/aromatic N) is 2. The van der Waals surface area contributed by atoms with Crippen LogP contribution in [0.3, 0.4) is 0 Å². The van der Waals surface area contributed by atoms with E-state index in [9.17, 15) is 9.59 Å². The van der Waals surface area contributed by atoms with Gasteiger partial charge in [-0.05, 0) is 62.4 Å². The first-order valence-electron chi connectivity index (χ1n) is 9.36. The number of carbonyl (C=O) groups is 2. The minimum absolute atomic E-state index is 0.0483. The predicted molar refractivity (Wildman–Crippen MR) is 104 cm³/mol. The van der Waals surface area contributed by atoms with Crippen LogP contribution in [0.15, 0.2) is 43.1 Å². The van der Waals surface area contributed by atoms with Crippen LogP contribution in [-0.2, 0) is 17.8 Å². The highest BCUT2D eigenvalue weighted by Crippen LogP contribution is 2.29. The van der Waals surface area contributed by atoms with Crippen LogP contribution in [0.1, 0.15) is 66.0 Å². The highest BCUT2D eigenvalue weighted by Gasteiger charge is 2.26. The molecule has 0 saturated carbocycles. The second kappa shape index (κ2) is 8.20. The van der Waals surface area contributed by atoms with Gasteiger partial charge < -0.3 is 10.6 Å². The van der Waals surface area contributed by atoms with Crippen LogP contribution >= 0.6 is 0 Å². The Hall–Kier alpha value is -2.89. The van der Waals surface area contributed by atoms with Crippen molar-refractivity contribution in [1.82, 2.24) is 20.4 Å². The minimum atomic E-state index is -0.217. The molecule has 0 saturated heterocycles. The Bertz CT molecular complexity index is 836. The first kappa shape index (κ1) is 18.9. The van der Waals surface area contributed by atoms with Crippen molar-refractivity contribution in [2.24, 2.45) is 0 Å². The van der Waals surface area contributed by atoms with Gasteiger partial charge in [-0.1, -0.05) is 18.7 Å². The molecule has 2 aromatic rings. The number of amides is 2. The average molecular weight is 366 g/mol. The molecule has 1 aliphatic rings. The Morgan fingerprint density at radius 2 is 2.07 bits per heavy atom. The van der Waals surface area contributed by atoms with Gasteiger partial charge in [-0.25, -0.2) is 0 Å². The highest BCUT2D eigenvalue weighted by molar-refractivity contribution is 5.94. The maximum atomic E-state index is 12.7. The number of aryl methyl sites for hydroxylation is 1. The molecule has 2 amide bonds. The van der Waals surface area contributed by atoms with Crippen molar-refractivity contribution in [2.75, 3.05) is 0 Å². The first-order valence-corrected chi connectivity index (χ1v) is 9.36. The molecule has 3 rings (SSSR count). The molecule has 0 bridgehead atoms. The van der Waals surface area contributed by atoms with Gasteiger partial charge >= 0.3 is 0 Å². The summed E-state index contributed by atoms with van der Waals surface area (Å²) in [6, 6.07) is 7.51. The maximum Gasteiger partial charge on any atom is 0.251 e. The van der Waals surface area contributed by atoms with Crippen LogP contribution in [-0.4, -0.2) is 21.6 Å². The molecule has 6 nitrogen and oxygen atoms in total. The summed E-state index contributed by atoms with van der Waals surface area (Å²) in [4.78, 5) is 23.9. The second-order valence-corrected chi connectivity index (χ2v) is 7.15. The van der Waals surface area contributed by atoms with Gasteiger partial charge in [0, 0.05) is 24.3 Å². The summed E-state index contributed by atoms with van der Waals surface area (Å²) in [7, 11) is 0. The number of aromatic nitrogens is 2. The van der Waals surface area contributed by atoms with E-state index in [1.807, 2.05) is 16.8 Å². The molecule has 27 heavy (non-hydrogen) atoms. The molecule has 1 aromatic carbocycles. The lowest BCUT2D eigenvalue weighted by molar-refractivity contribution is -0.116. The third-order valence-corrected chi connectivity index (χ3v) is 4.81. The summed E-state index contributed by atoms with van der Waals surface area (Å²) in [5.74, 6) is -0.320. The zero-order valence-electron chi connectivity index (χ0n) is 15.9. The fourth-order valence-electron chi connectivity index (χ4n) is 3.24. The molecule has 0 fully saturated rings. The Morgan fingerprint density at radius 3 is 2.74 bits per heavy atom. The fourth-order valence-corrected chi connectivity index (χ4v) is 3.24. The van der Waals surface area contributed by atoms with Gasteiger partial charge in [0.05, 0.1) is 11.7 Å². The molecule has 0 radical (unpaired) electrons. The van der Waals surface area contributed by atoms with Crippen molar-refractivity contribution in [3.05, 3.63) is 65.5 Å². The predicted octanol–water partition coefficient (Wildman–Crippen LogP) is 3.07. The van der Waals surface area contributed by atoms with Crippen LogP contribution in [0.5, 0.6) is 0 Å². The van der Waals surface area contributed by atoms with Crippen LogP contribution in [0.2, 0.25) is 0 Å². The number of benzene rings is 1. The van der Waals surface area contributed by atoms with E-state index in [4.69, 9.17) is 5.10 Å². The minimum Gasteiger partial charge on any atom is -0.348 e. The fraction of sp³-hybridized carbons (Fsp3) is 0.381. The SMILES string of the molecule is C=CC(=O)NCc1ccc(C(=O)NC2CCCc3cn(C(C)C)nc32)cc1. The van der Waals surface area contributed by atoms with Crippen molar-refractivity contribution in [1.29, 1.82) is 0 Å². The van der Waals surface area contributed by atoms with Gasteiger partial charge in [0.25, 0.3) is 5.91 Å². The first-order chi connectivity index (χ1) is 13.0.